The summed E-state index contributed by atoms with van der Waals surface area (Å²) in [6.07, 6.45) is 4.83. The van der Waals surface area contributed by atoms with Gasteiger partial charge in [-0.15, -0.1) is 33.5 Å². The zero-order valence-electron chi connectivity index (χ0n) is 22.5. The van der Waals surface area contributed by atoms with Crippen molar-refractivity contribution in [2.24, 2.45) is 5.41 Å². The van der Waals surface area contributed by atoms with E-state index in [4.69, 9.17) is 0 Å². The van der Waals surface area contributed by atoms with Crippen LogP contribution in [0.5, 0.6) is 0 Å². The van der Waals surface area contributed by atoms with Crippen molar-refractivity contribution in [2.45, 2.75) is 93.4 Å². The van der Waals surface area contributed by atoms with Gasteiger partial charge in [0.05, 0.1) is 0 Å². The number of allylic oxidation sites excluding steroid dienone is 1. The first-order chi connectivity index (χ1) is 14.8. The maximum absolute atomic E-state index is 2.52. The van der Waals surface area contributed by atoms with Crippen LogP contribution in [0.1, 0.15) is 98.4 Å². The van der Waals surface area contributed by atoms with Crippen molar-refractivity contribution in [2.75, 3.05) is 0 Å². The van der Waals surface area contributed by atoms with Gasteiger partial charge in [-0.05, 0) is 60.3 Å². The Bertz CT molecular complexity index is 1220. The van der Waals surface area contributed by atoms with Gasteiger partial charge in [0.25, 0.3) is 0 Å². The minimum absolute atomic E-state index is 0. The quantitative estimate of drug-likeness (QED) is 0.207. The molecule has 3 aromatic carbocycles. The summed E-state index contributed by atoms with van der Waals surface area (Å²) in [6, 6.07) is 11.7. The van der Waals surface area contributed by atoms with Crippen molar-refractivity contribution < 1.29 is 25.8 Å². The zero-order valence-corrected chi connectivity index (χ0v) is 26.0. The van der Waals surface area contributed by atoms with Crippen molar-refractivity contribution in [3.8, 4) is 0 Å². The van der Waals surface area contributed by atoms with Crippen LogP contribution in [-0.4, -0.2) is 0 Å². The maximum atomic E-state index is 2.52. The van der Waals surface area contributed by atoms with E-state index in [0.29, 0.717) is 5.92 Å². The molecule has 1 aliphatic rings. The molecule has 0 aromatic heterocycles. The van der Waals surface area contributed by atoms with Gasteiger partial charge in [-0.25, -0.2) is 0 Å². The first-order valence-electron chi connectivity index (χ1n) is 12.3. The van der Waals surface area contributed by atoms with E-state index in [0.717, 1.165) is 6.42 Å². The standard InChI is InChI=1S/C32H41.Hf/c1-19-11-13-21(3)29-23(27(17-25(19)29)31(5,6)7)15-16-24-28(32(8,9)10)18-26-20(2)12-14-22(4)30(24)26;/h11-14,17-18,23H,15-16H2,1-10H3;/q-1;. The summed E-state index contributed by atoms with van der Waals surface area (Å²) in [5, 5.41) is 2.96. The average molecular weight is 604 g/mol. The molecule has 0 aliphatic heterocycles. The third-order valence-electron chi connectivity index (χ3n) is 7.69. The Kier molecular flexibility index (Phi) is 7.19. The fraction of sp³-hybridized carbons (Fsp3) is 0.469. The predicted octanol–water partition coefficient (Wildman–Crippen LogP) is 9.25. The SMILES string of the molecule is Cc1ccc(C)c2c1C=C(C(C)(C)C)C2CC[c-]1c(C(C)(C)C)cc2c(C)ccc(C)c21.[Hf]. The maximum Gasteiger partial charge on any atom is 0.00611 e. The molecule has 0 saturated heterocycles. The van der Waals surface area contributed by atoms with Crippen LogP contribution in [-0.2, 0) is 37.7 Å². The van der Waals surface area contributed by atoms with Gasteiger partial charge >= 0.3 is 0 Å². The van der Waals surface area contributed by atoms with Gasteiger partial charge in [0, 0.05) is 31.8 Å². The smallest absolute Gasteiger partial charge is 0.00611 e. The molecule has 1 aliphatic carbocycles. The second-order valence-corrected chi connectivity index (χ2v) is 12.2. The van der Waals surface area contributed by atoms with Gasteiger partial charge in [-0.3, -0.25) is 0 Å². The molecule has 174 valence electrons. The van der Waals surface area contributed by atoms with Gasteiger partial charge < -0.3 is 0 Å². The zero-order chi connectivity index (χ0) is 23.6. The van der Waals surface area contributed by atoms with E-state index in [2.05, 4.69) is 106 Å². The van der Waals surface area contributed by atoms with E-state index >= 15 is 0 Å². The van der Waals surface area contributed by atoms with E-state index in [-0.39, 0.29) is 36.7 Å². The minimum Gasteiger partial charge on any atom is -0.164 e. The third kappa shape index (κ3) is 4.64. The van der Waals surface area contributed by atoms with Crippen LogP contribution < -0.4 is 0 Å². The van der Waals surface area contributed by atoms with Crippen LogP contribution >= 0.6 is 0 Å². The van der Waals surface area contributed by atoms with Crippen molar-refractivity contribution >= 4 is 16.8 Å². The van der Waals surface area contributed by atoms with Gasteiger partial charge in [-0.1, -0.05) is 90.3 Å². The van der Waals surface area contributed by atoms with Crippen LogP contribution in [0.3, 0.4) is 0 Å². The van der Waals surface area contributed by atoms with Crippen molar-refractivity contribution in [3.05, 3.63) is 80.4 Å². The molecule has 4 rings (SSSR count). The van der Waals surface area contributed by atoms with E-state index < -0.39 is 0 Å². The number of hydrogen-bond acceptors (Lipinski definition) is 0. The molecule has 0 spiro atoms. The Morgan fingerprint density at radius 1 is 0.758 bits per heavy atom. The van der Waals surface area contributed by atoms with Gasteiger partial charge in [0.2, 0.25) is 0 Å². The topological polar surface area (TPSA) is 0 Å². The van der Waals surface area contributed by atoms with Crippen LogP contribution in [0, 0.1) is 33.1 Å². The Morgan fingerprint density at radius 3 is 1.94 bits per heavy atom. The van der Waals surface area contributed by atoms with Crippen molar-refractivity contribution in [1.29, 1.82) is 0 Å². The molecule has 0 fully saturated rings. The normalized spacial score (nSPS) is 16.1. The molecule has 0 amide bonds. The van der Waals surface area contributed by atoms with E-state index in [1.54, 1.807) is 16.7 Å². The van der Waals surface area contributed by atoms with Crippen LogP contribution in [0.4, 0.5) is 0 Å². The molecule has 0 N–H and O–H groups in total. The fourth-order valence-electron chi connectivity index (χ4n) is 5.96. The summed E-state index contributed by atoms with van der Waals surface area (Å²) in [5.41, 5.74) is 13.8. The van der Waals surface area contributed by atoms with Crippen LogP contribution in [0.15, 0.2) is 35.9 Å². The van der Waals surface area contributed by atoms with Gasteiger partial charge in [-0.2, -0.15) is 6.07 Å². The largest absolute Gasteiger partial charge is 0.164 e. The summed E-state index contributed by atoms with van der Waals surface area (Å²) in [4.78, 5) is 0. The summed E-state index contributed by atoms with van der Waals surface area (Å²) in [6.45, 7) is 23.4. The second-order valence-electron chi connectivity index (χ2n) is 12.2. The minimum atomic E-state index is 0. The Labute approximate surface area is 221 Å². The molecule has 0 heterocycles. The summed E-state index contributed by atoms with van der Waals surface area (Å²) >= 11 is 0. The third-order valence-corrected chi connectivity index (χ3v) is 7.69. The number of rotatable bonds is 3. The Morgan fingerprint density at radius 2 is 1.33 bits per heavy atom. The van der Waals surface area contributed by atoms with Gasteiger partial charge in [0.1, 0.15) is 0 Å². The molecule has 1 atom stereocenters. The van der Waals surface area contributed by atoms with Crippen LogP contribution in [0.2, 0.25) is 0 Å². The Hall–Kier alpha value is -1.34. The average Bonchev–Trinajstić information content (AvgIpc) is 3.26. The predicted molar refractivity (Wildman–Crippen MR) is 142 cm³/mol. The monoisotopic (exact) mass is 605 g/mol. The molecule has 0 radical (unpaired) electrons. The first-order valence-corrected chi connectivity index (χ1v) is 12.3. The van der Waals surface area contributed by atoms with E-state index in [1.807, 2.05) is 0 Å². The second kappa shape index (κ2) is 9.03. The van der Waals surface area contributed by atoms with Crippen molar-refractivity contribution in [3.63, 3.8) is 0 Å². The molecule has 1 unspecified atom stereocenters. The summed E-state index contributed by atoms with van der Waals surface area (Å²) in [5.74, 6) is 0.507. The Balaban J connectivity index is 0.00000306. The molecule has 0 bridgehead atoms. The number of benzene rings is 2. The molecular weight excluding hydrogens is 563 g/mol. The molecule has 0 nitrogen and oxygen atoms in total. The van der Waals surface area contributed by atoms with Gasteiger partial charge in [0.15, 0.2) is 0 Å². The molecular formula is C32H41Hf-. The fourth-order valence-corrected chi connectivity index (χ4v) is 5.96. The first kappa shape index (κ1) is 26.3. The summed E-state index contributed by atoms with van der Waals surface area (Å²) < 4.78 is 0. The van der Waals surface area contributed by atoms with E-state index in [9.17, 15) is 0 Å². The molecule has 0 saturated carbocycles. The molecule has 33 heavy (non-hydrogen) atoms. The molecule has 3 aromatic rings. The number of aryl methyl sites for hydroxylation is 5. The van der Waals surface area contributed by atoms with E-state index in [1.165, 1.54) is 50.6 Å². The van der Waals surface area contributed by atoms with Crippen LogP contribution in [0.25, 0.3) is 16.8 Å². The molecule has 1 heteroatoms. The number of hydrogen-bond donors (Lipinski definition) is 0. The number of fused-ring (bicyclic) bond motifs is 2. The summed E-state index contributed by atoms with van der Waals surface area (Å²) in [7, 11) is 0. The van der Waals surface area contributed by atoms with Crippen molar-refractivity contribution in [1.82, 2.24) is 0 Å².